The summed E-state index contributed by atoms with van der Waals surface area (Å²) >= 11 is 0. The Hall–Kier alpha value is -1.95. The van der Waals surface area contributed by atoms with E-state index in [-0.39, 0.29) is 17.9 Å². The van der Waals surface area contributed by atoms with Gasteiger partial charge in [0, 0.05) is 24.2 Å². The van der Waals surface area contributed by atoms with Gasteiger partial charge in [-0.05, 0) is 30.9 Å². The molecule has 1 saturated heterocycles. The number of piperidine rings is 1. The van der Waals surface area contributed by atoms with Gasteiger partial charge in [-0.1, -0.05) is 37.3 Å². The molecule has 0 aliphatic carbocycles. The summed E-state index contributed by atoms with van der Waals surface area (Å²) in [7, 11) is 0. The van der Waals surface area contributed by atoms with Gasteiger partial charge in [0.2, 0.25) is 0 Å². The number of fused-ring (bicyclic) bond motifs is 1. The molecule has 0 saturated carbocycles. The molecule has 25 heavy (non-hydrogen) atoms. The van der Waals surface area contributed by atoms with Gasteiger partial charge in [0.25, 0.3) is 0 Å². The summed E-state index contributed by atoms with van der Waals surface area (Å²) in [6.07, 6.45) is 7.13. The predicted molar refractivity (Wildman–Crippen MR) is 103 cm³/mol. The maximum atomic E-state index is 4.79. The van der Waals surface area contributed by atoms with E-state index >= 15 is 0 Å². The first-order valence-electron chi connectivity index (χ1n) is 8.44. The van der Waals surface area contributed by atoms with Crippen LogP contribution in [0.15, 0.2) is 48.8 Å². The van der Waals surface area contributed by atoms with Gasteiger partial charge >= 0.3 is 0 Å². The number of H-pyrrole nitrogens is 1. The van der Waals surface area contributed by atoms with Crippen LogP contribution >= 0.6 is 12.4 Å². The predicted octanol–water partition coefficient (Wildman–Crippen LogP) is 3.54. The van der Waals surface area contributed by atoms with Crippen LogP contribution in [-0.2, 0) is 0 Å². The smallest absolute Gasteiger partial charge is 0.132 e. The van der Waals surface area contributed by atoms with Crippen molar-refractivity contribution >= 4 is 23.4 Å². The standard InChI is InChI=1S/C19H22N4.ClH.H2O/c1-2-15-10-14(11-17(22-15)13-6-4-3-5-7-13)19-21-12-18-16(23-19)8-9-20-18;;/h3-9,12,14-15,17,20,22H,2,10-11H2,1H3;1H;1H2. The zero-order chi connectivity index (χ0) is 15.6. The summed E-state index contributed by atoms with van der Waals surface area (Å²) < 4.78 is 0. The maximum absolute atomic E-state index is 4.79. The van der Waals surface area contributed by atoms with Crippen LogP contribution in [0.1, 0.15) is 49.5 Å². The second kappa shape index (κ2) is 8.43. The molecule has 4 rings (SSSR count). The number of aromatic amines is 1. The van der Waals surface area contributed by atoms with Crippen LogP contribution in [0.2, 0.25) is 0 Å². The average Bonchev–Trinajstić information content (AvgIpc) is 3.09. The summed E-state index contributed by atoms with van der Waals surface area (Å²) in [5.74, 6) is 1.39. The van der Waals surface area contributed by atoms with E-state index in [0.29, 0.717) is 18.0 Å². The highest BCUT2D eigenvalue weighted by Gasteiger charge is 2.30. The normalized spacial score (nSPS) is 22.8. The number of benzene rings is 1. The number of hydrogen-bond acceptors (Lipinski definition) is 3. The highest BCUT2D eigenvalue weighted by Crippen LogP contribution is 2.36. The highest BCUT2D eigenvalue weighted by atomic mass is 35.5. The third-order valence-corrected chi connectivity index (χ3v) is 4.90. The van der Waals surface area contributed by atoms with Gasteiger partial charge in [-0.15, -0.1) is 12.4 Å². The Bertz CT molecular complexity index is 792. The highest BCUT2D eigenvalue weighted by molar-refractivity contribution is 5.85. The van der Waals surface area contributed by atoms with Crippen molar-refractivity contribution in [3.05, 3.63) is 60.2 Å². The van der Waals surface area contributed by atoms with Crippen molar-refractivity contribution < 1.29 is 5.48 Å². The molecule has 1 aromatic carbocycles. The Kier molecular flexibility index (Phi) is 6.53. The van der Waals surface area contributed by atoms with Crippen LogP contribution < -0.4 is 5.32 Å². The van der Waals surface area contributed by atoms with Crippen LogP contribution in [0.4, 0.5) is 0 Å². The summed E-state index contributed by atoms with van der Waals surface area (Å²) in [5.41, 5.74) is 3.38. The number of nitrogens with zero attached hydrogens (tertiary/aromatic N) is 2. The Labute approximate surface area is 154 Å². The fourth-order valence-electron chi connectivity index (χ4n) is 3.61. The van der Waals surface area contributed by atoms with E-state index in [1.807, 2.05) is 18.5 Å². The van der Waals surface area contributed by atoms with Gasteiger partial charge in [0.15, 0.2) is 0 Å². The Morgan fingerprint density at radius 1 is 1.12 bits per heavy atom. The lowest BCUT2D eigenvalue weighted by molar-refractivity contribution is 0.281. The Morgan fingerprint density at radius 3 is 2.68 bits per heavy atom. The molecule has 3 aromatic rings. The van der Waals surface area contributed by atoms with E-state index in [9.17, 15) is 0 Å². The zero-order valence-electron chi connectivity index (χ0n) is 14.3. The van der Waals surface area contributed by atoms with Gasteiger partial charge < -0.3 is 15.8 Å². The Balaban J connectivity index is 0.00000113. The molecule has 3 unspecified atom stereocenters. The maximum Gasteiger partial charge on any atom is 0.132 e. The number of halogens is 1. The molecular weight excluding hydrogens is 336 g/mol. The van der Waals surface area contributed by atoms with Gasteiger partial charge in [-0.2, -0.15) is 0 Å². The van der Waals surface area contributed by atoms with Crippen molar-refractivity contribution in [1.29, 1.82) is 0 Å². The second-order valence-corrected chi connectivity index (χ2v) is 6.41. The van der Waals surface area contributed by atoms with Crippen molar-refractivity contribution in [2.24, 2.45) is 0 Å². The molecule has 2 aromatic heterocycles. The van der Waals surface area contributed by atoms with E-state index in [2.05, 4.69) is 52.5 Å². The summed E-state index contributed by atoms with van der Waals surface area (Å²) in [5, 5.41) is 3.79. The fourth-order valence-corrected chi connectivity index (χ4v) is 3.61. The number of hydrogen-bond donors (Lipinski definition) is 2. The van der Waals surface area contributed by atoms with Crippen LogP contribution in [-0.4, -0.2) is 26.5 Å². The molecule has 3 heterocycles. The van der Waals surface area contributed by atoms with Gasteiger partial charge in [0.05, 0.1) is 17.2 Å². The number of aromatic nitrogens is 3. The molecule has 1 fully saturated rings. The van der Waals surface area contributed by atoms with Gasteiger partial charge in [-0.25, -0.2) is 9.97 Å². The van der Waals surface area contributed by atoms with Crippen molar-refractivity contribution in [3.8, 4) is 0 Å². The molecule has 1 aliphatic heterocycles. The van der Waals surface area contributed by atoms with Crippen LogP contribution in [0.25, 0.3) is 11.0 Å². The molecule has 3 atom stereocenters. The molecule has 5 nitrogen and oxygen atoms in total. The molecule has 1 aliphatic rings. The minimum Gasteiger partial charge on any atom is -0.412 e. The van der Waals surface area contributed by atoms with Crippen LogP contribution in [0.5, 0.6) is 0 Å². The molecule has 0 radical (unpaired) electrons. The van der Waals surface area contributed by atoms with E-state index in [0.717, 1.165) is 36.1 Å². The van der Waals surface area contributed by atoms with Gasteiger partial charge in [0.1, 0.15) is 5.82 Å². The van der Waals surface area contributed by atoms with Crippen molar-refractivity contribution in [1.82, 2.24) is 20.3 Å². The van der Waals surface area contributed by atoms with E-state index in [4.69, 9.17) is 4.98 Å². The lowest BCUT2D eigenvalue weighted by atomic mass is 9.83. The van der Waals surface area contributed by atoms with Crippen molar-refractivity contribution in [2.75, 3.05) is 0 Å². The van der Waals surface area contributed by atoms with Crippen LogP contribution in [0.3, 0.4) is 0 Å². The first kappa shape index (κ1) is 19.4. The monoisotopic (exact) mass is 360 g/mol. The molecule has 6 heteroatoms. The minimum absolute atomic E-state index is 0. The first-order chi connectivity index (χ1) is 11.3. The summed E-state index contributed by atoms with van der Waals surface area (Å²) in [6.45, 7) is 2.25. The third-order valence-electron chi connectivity index (χ3n) is 4.90. The number of nitrogens with one attached hydrogen (secondary N) is 2. The molecule has 134 valence electrons. The van der Waals surface area contributed by atoms with Crippen molar-refractivity contribution in [3.63, 3.8) is 0 Å². The van der Waals surface area contributed by atoms with Crippen molar-refractivity contribution in [2.45, 2.75) is 44.2 Å². The van der Waals surface area contributed by atoms with Crippen LogP contribution in [0, 0.1) is 0 Å². The molecule has 0 spiro atoms. The van der Waals surface area contributed by atoms with Gasteiger partial charge in [-0.3, -0.25) is 0 Å². The Morgan fingerprint density at radius 2 is 1.92 bits per heavy atom. The van der Waals surface area contributed by atoms with E-state index in [1.54, 1.807) is 0 Å². The quantitative estimate of drug-likeness (QED) is 0.749. The fraction of sp³-hybridized carbons (Fsp3) is 0.368. The number of rotatable bonds is 3. The summed E-state index contributed by atoms with van der Waals surface area (Å²) in [6, 6.07) is 13.6. The summed E-state index contributed by atoms with van der Waals surface area (Å²) in [4.78, 5) is 12.6. The average molecular weight is 361 g/mol. The molecular formula is C19H25ClN4O. The lowest BCUT2D eigenvalue weighted by Gasteiger charge is -2.35. The minimum atomic E-state index is 0. The molecule has 4 N–H and O–H groups in total. The lowest BCUT2D eigenvalue weighted by Crippen LogP contribution is -2.39. The van der Waals surface area contributed by atoms with E-state index < -0.39 is 0 Å². The second-order valence-electron chi connectivity index (χ2n) is 6.41. The molecule has 0 amide bonds. The molecule has 0 bridgehead atoms. The zero-order valence-corrected chi connectivity index (χ0v) is 15.1. The third kappa shape index (κ3) is 4.00. The topological polar surface area (TPSA) is 85.1 Å². The van der Waals surface area contributed by atoms with E-state index in [1.165, 1.54) is 5.56 Å². The first-order valence-corrected chi connectivity index (χ1v) is 8.44. The largest absolute Gasteiger partial charge is 0.412 e. The SMILES string of the molecule is CCC1CC(c2ncc3[nH]ccc3n2)CC(c2ccccc2)N1.Cl.O.